The monoisotopic (exact) mass is 252 g/mol. The Bertz CT molecular complexity index is 347. The number of hydrogen-bond donors (Lipinski definition) is 3. The van der Waals surface area contributed by atoms with Crippen molar-refractivity contribution in [2.45, 2.75) is 31.7 Å². The number of nitrogens with two attached hydrogens (primary N) is 1. The van der Waals surface area contributed by atoms with Crippen LogP contribution in [0.4, 0.5) is 0 Å². The fourth-order valence-corrected chi connectivity index (χ4v) is 2.79. The molecule has 0 amide bonds. The van der Waals surface area contributed by atoms with Gasteiger partial charge in [0.05, 0.1) is 6.61 Å². The third-order valence-electron chi connectivity index (χ3n) is 3.83. The van der Waals surface area contributed by atoms with Crippen LogP contribution < -0.4 is 11.1 Å². The quantitative estimate of drug-likeness (QED) is 0.681. The molecule has 1 saturated heterocycles. The molecule has 0 bridgehead atoms. The minimum atomic E-state index is 0.167. The van der Waals surface area contributed by atoms with Crippen molar-refractivity contribution < 1.29 is 5.11 Å². The Morgan fingerprint density at radius 2 is 2.28 bits per heavy atom. The van der Waals surface area contributed by atoms with Crippen LogP contribution in [-0.2, 0) is 6.54 Å². The van der Waals surface area contributed by atoms with Gasteiger partial charge < -0.3 is 20.7 Å². The number of aromatic nitrogens is 2. The minimum absolute atomic E-state index is 0.167. The van der Waals surface area contributed by atoms with Crippen molar-refractivity contribution >= 4 is 0 Å². The summed E-state index contributed by atoms with van der Waals surface area (Å²) in [5, 5.41) is 13.1. The lowest BCUT2D eigenvalue weighted by Crippen LogP contribution is -2.33. The van der Waals surface area contributed by atoms with E-state index in [4.69, 9.17) is 5.73 Å². The lowest BCUT2D eigenvalue weighted by atomic mass is 9.84. The number of imidazole rings is 1. The van der Waals surface area contributed by atoms with Gasteiger partial charge in [-0.2, -0.15) is 0 Å². The third-order valence-corrected chi connectivity index (χ3v) is 3.83. The van der Waals surface area contributed by atoms with E-state index in [2.05, 4.69) is 14.9 Å². The molecule has 18 heavy (non-hydrogen) atoms. The Kier molecular flexibility index (Phi) is 5.16. The highest BCUT2D eigenvalue weighted by Gasteiger charge is 2.27. The van der Waals surface area contributed by atoms with E-state index in [1.54, 1.807) is 0 Å². The van der Waals surface area contributed by atoms with Crippen molar-refractivity contribution in [2.75, 3.05) is 26.2 Å². The smallest absolute Gasteiger partial charge is 0.114 e. The van der Waals surface area contributed by atoms with Gasteiger partial charge in [0, 0.05) is 24.9 Å². The molecule has 1 aromatic heterocycles. The predicted molar refractivity (Wildman–Crippen MR) is 71.3 cm³/mol. The highest BCUT2D eigenvalue weighted by atomic mass is 16.3. The summed E-state index contributed by atoms with van der Waals surface area (Å²) in [5.41, 5.74) is 5.56. The number of nitrogens with zero attached hydrogens (tertiary/aromatic N) is 2. The SMILES string of the molecule is NCCCn1ccnc1C(CO)C1CCNCC1. The molecule has 4 N–H and O–H groups in total. The molecule has 0 saturated carbocycles. The Labute approximate surface area is 108 Å². The van der Waals surface area contributed by atoms with E-state index in [1.807, 2.05) is 12.4 Å². The largest absolute Gasteiger partial charge is 0.396 e. The van der Waals surface area contributed by atoms with Crippen LogP contribution in [0.5, 0.6) is 0 Å². The van der Waals surface area contributed by atoms with Crippen LogP contribution >= 0.6 is 0 Å². The van der Waals surface area contributed by atoms with Gasteiger partial charge in [0.15, 0.2) is 0 Å². The highest BCUT2D eigenvalue weighted by Crippen LogP contribution is 2.29. The van der Waals surface area contributed by atoms with Gasteiger partial charge in [-0.15, -0.1) is 0 Å². The molecule has 5 nitrogen and oxygen atoms in total. The molecule has 1 aliphatic rings. The Hall–Kier alpha value is -0.910. The average Bonchev–Trinajstić information content (AvgIpc) is 2.87. The number of aliphatic hydroxyl groups excluding tert-OH is 1. The first-order valence-electron chi connectivity index (χ1n) is 6.89. The third kappa shape index (κ3) is 3.10. The van der Waals surface area contributed by atoms with E-state index < -0.39 is 0 Å². The maximum Gasteiger partial charge on any atom is 0.114 e. The highest BCUT2D eigenvalue weighted by molar-refractivity contribution is 5.04. The first-order chi connectivity index (χ1) is 8.86. The van der Waals surface area contributed by atoms with E-state index in [0.29, 0.717) is 12.5 Å². The lowest BCUT2D eigenvalue weighted by molar-refractivity contribution is 0.192. The summed E-state index contributed by atoms with van der Waals surface area (Å²) >= 11 is 0. The Morgan fingerprint density at radius 3 is 2.94 bits per heavy atom. The van der Waals surface area contributed by atoms with E-state index in [0.717, 1.165) is 44.7 Å². The summed E-state index contributed by atoms with van der Waals surface area (Å²) in [6.07, 6.45) is 7.02. The van der Waals surface area contributed by atoms with Crippen LogP contribution in [0.2, 0.25) is 0 Å². The Balaban J connectivity index is 2.08. The summed E-state index contributed by atoms with van der Waals surface area (Å²) < 4.78 is 2.15. The van der Waals surface area contributed by atoms with Gasteiger partial charge >= 0.3 is 0 Å². The number of aliphatic hydroxyl groups is 1. The summed E-state index contributed by atoms with van der Waals surface area (Å²) in [5.74, 6) is 1.73. The van der Waals surface area contributed by atoms with Gasteiger partial charge in [-0.25, -0.2) is 4.98 Å². The summed E-state index contributed by atoms with van der Waals surface area (Å²) in [7, 11) is 0. The maximum atomic E-state index is 9.70. The van der Waals surface area contributed by atoms with Crippen molar-refractivity contribution in [3.05, 3.63) is 18.2 Å². The maximum absolute atomic E-state index is 9.70. The van der Waals surface area contributed by atoms with Crippen molar-refractivity contribution in [3.63, 3.8) is 0 Å². The van der Waals surface area contributed by atoms with Crippen molar-refractivity contribution in [2.24, 2.45) is 11.7 Å². The molecule has 1 unspecified atom stereocenters. The van der Waals surface area contributed by atoms with Gasteiger partial charge in [-0.1, -0.05) is 0 Å². The summed E-state index contributed by atoms with van der Waals surface area (Å²) in [4.78, 5) is 4.46. The van der Waals surface area contributed by atoms with Crippen LogP contribution in [0, 0.1) is 5.92 Å². The number of hydrogen-bond acceptors (Lipinski definition) is 4. The molecular weight excluding hydrogens is 228 g/mol. The van der Waals surface area contributed by atoms with Crippen molar-refractivity contribution in [3.8, 4) is 0 Å². The summed E-state index contributed by atoms with van der Waals surface area (Å²) in [6.45, 7) is 3.86. The van der Waals surface area contributed by atoms with Crippen LogP contribution in [-0.4, -0.2) is 40.9 Å². The van der Waals surface area contributed by atoms with Crippen molar-refractivity contribution in [1.29, 1.82) is 0 Å². The second-order valence-corrected chi connectivity index (χ2v) is 5.00. The van der Waals surface area contributed by atoms with Crippen LogP contribution in [0.3, 0.4) is 0 Å². The second kappa shape index (κ2) is 6.87. The fourth-order valence-electron chi connectivity index (χ4n) is 2.79. The molecule has 1 atom stereocenters. The molecule has 0 aromatic carbocycles. The lowest BCUT2D eigenvalue weighted by Gasteiger charge is -2.29. The molecule has 2 heterocycles. The van der Waals surface area contributed by atoms with E-state index in [-0.39, 0.29) is 12.5 Å². The average molecular weight is 252 g/mol. The zero-order valence-corrected chi connectivity index (χ0v) is 10.9. The zero-order chi connectivity index (χ0) is 12.8. The van der Waals surface area contributed by atoms with Crippen LogP contribution in [0.1, 0.15) is 31.0 Å². The van der Waals surface area contributed by atoms with Crippen molar-refractivity contribution in [1.82, 2.24) is 14.9 Å². The molecule has 2 rings (SSSR count). The number of nitrogens with one attached hydrogen (secondary N) is 1. The van der Waals surface area contributed by atoms with Gasteiger partial charge in [0.2, 0.25) is 0 Å². The fraction of sp³-hybridized carbons (Fsp3) is 0.769. The molecule has 1 aliphatic heterocycles. The number of piperidine rings is 1. The standard InChI is InChI=1S/C13H24N4O/c14-4-1-8-17-9-7-16-13(17)12(10-18)11-2-5-15-6-3-11/h7,9,11-12,15,18H,1-6,8,10,14H2. The zero-order valence-electron chi connectivity index (χ0n) is 10.9. The molecule has 1 aromatic rings. The van der Waals surface area contributed by atoms with E-state index in [1.165, 1.54) is 0 Å². The van der Waals surface area contributed by atoms with E-state index >= 15 is 0 Å². The van der Waals surface area contributed by atoms with Gasteiger partial charge in [-0.3, -0.25) is 0 Å². The Morgan fingerprint density at radius 1 is 1.50 bits per heavy atom. The number of aryl methyl sites for hydroxylation is 1. The van der Waals surface area contributed by atoms with Gasteiger partial charge in [0.25, 0.3) is 0 Å². The molecule has 0 spiro atoms. The topological polar surface area (TPSA) is 76.1 Å². The summed E-state index contributed by atoms with van der Waals surface area (Å²) in [6, 6.07) is 0. The molecule has 1 fully saturated rings. The van der Waals surface area contributed by atoms with Crippen LogP contribution in [0.25, 0.3) is 0 Å². The molecule has 5 heteroatoms. The van der Waals surface area contributed by atoms with Gasteiger partial charge in [0.1, 0.15) is 5.82 Å². The van der Waals surface area contributed by atoms with E-state index in [9.17, 15) is 5.11 Å². The van der Waals surface area contributed by atoms with Gasteiger partial charge in [-0.05, 0) is 44.8 Å². The second-order valence-electron chi connectivity index (χ2n) is 5.00. The number of rotatable bonds is 6. The molecule has 0 radical (unpaired) electrons. The molecular formula is C13H24N4O. The van der Waals surface area contributed by atoms with Crippen LogP contribution in [0.15, 0.2) is 12.4 Å². The minimum Gasteiger partial charge on any atom is -0.396 e. The predicted octanol–water partition coefficient (Wildman–Crippen LogP) is 0.307. The first-order valence-corrected chi connectivity index (χ1v) is 6.89. The molecule has 0 aliphatic carbocycles. The normalized spacial score (nSPS) is 19.0. The molecule has 102 valence electrons. The first kappa shape index (κ1) is 13.5.